The van der Waals surface area contributed by atoms with E-state index in [0.717, 1.165) is 16.7 Å². The van der Waals surface area contributed by atoms with Crippen LogP contribution in [0.2, 0.25) is 0 Å². The van der Waals surface area contributed by atoms with Gasteiger partial charge in [-0.25, -0.2) is 0 Å². The number of carbonyl (C=O) groups is 1. The predicted molar refractivity (Wildman–Crippen MR) is 90.7 cm³/mol. The van der Waals surface area contributed by atoms with Crippen molar-refractivity contribution in [2.24, 2.45) is 5.92 Å². The monoisotopic (exact) mass is 322 g/mol. The van der Waals surface area contributed by atoms with Crippen LogP contribution in [0.3, 0.4) is 0 Å². The van der Waals surface area contributed by atoms with Gasteiger partial charge in [0.1, 0.15) is 5.76 Å². The zero-order valence-corrected chi connectivity index (χ0v) is 14.4. The molecule has 1 aromatic carbocycles. The van der Waals surface area contributed by atoms with Crippen molar-refractivity contribution in [2.75, 3.05) is 13.7 Å². The smallest absolute Gasteiger partial charge is 0.308 e. The van der Waals surface area contributed by atoms with Crippen molar-refractivity contribution >= 4 is 22.6 Å². The Kier molecular flexibility index (Phi) is 7.19. The fourth-order valence-electron chi connectivity index (χ4n) is 2.22. The molecule has 0 spiro atoms. The summed E-state index contributed by atoms with van der Waals surface area (Å²) < 4.78 is 10.2. The Balaban J connectivity index is 2.97. The normalized spacial score (nSPS) is 13.1. The lowest BCUT2D eigenvalue weighted by atomic mass is 9.97. The van der Waals surface area contributed by atoms with Gasteiger partial charge in [-0.3, -0.25) is 4.79 Å². The average Bonchev–Trinajstić information content (AvgIpc) is 2.48. The van der Waals surface area contributed by atoms with Gasteiger partial charge in [0.2, 0.25) is 0 Å². The Morgan fingerprint density at radius 1 is 1.45 bits per heavy atom. The number of methoxy groups -OCH3 is 1. The molecular weight excluding hydrogens is 300 g/mol. The minimum atomic E-state index is -0.171. The molecule has 0 bridgehead atoms. The maximum absolute atomic E-state index is 11.7. The van der Waals surface area contributed by atoms with Crippen molar-refractivity contribution < 1.29 is 14.3 Å². The molecule has 0 amide bonds. The molecule has 22 heavy (non-hydrogen) atoms. The highest BCUT2D eigenvalue weighted by atomic mass is 35.5. The van der Waals surface area contributed by atoms with Crippen LogP contribution in [-0.4, -0.2) is 19.7 Å². The summed E-state index contributed by atoms with van der Waals surface area (Å²) in [5.74, 6) is 0.201. The standard InChI is InChI=1S/C18H23ClO3/c1-6-16(21-5)17(19)15-9-8-14(10-12(15)3)11-13(4)18(20)22-7-2/h6,8-10,13H,1,7,11H2,2-5H3/b17-16-. The summed E-state index contributed by atoms with van der Waals surface area (Å²) in [6.07, 6.45) is 2.22. The number of allylic oxidation sites excluding steroid dienone is 1. The van der Waals surface area contributed by atoms with Crippen LogP contribution >= 0.6 is 11.6 Å². The molecule has 0 aliphatic rings. The molecule has 1 atom stereocenters. The fraction of sp³-hybridized carbons (Fsp3) is 0.389. The Morgan fingerprint density at radius 3 is 2.64 bits per heavy atom. The Hall–Kier alpha value is -1.74. The maximum Gasteiger partial charge on any atom is 0.308 e. The van der Waals surface area contributed by atoms with Crippen LogP contribution in [0.1, 0.15) is 30.5 Å². The number of hydrogen-bond donors (Lipinski definition) is 0. The molecule has 0 N–H and O–H groups in total. The molecule has 0 saturated heterocycles. The van der Waals surface area contributed by atoms with Crippen LogP contribution < -0.4 is 0 Å². The van der Waals surface area contributed by atoms with Crippen molar-refractivity contribution in [1.29, 1.82) is 0 Å². The summed E-state index contributed by atoms with van der Waals surface area (Å²) in [7, 11) is 1.56. The van der Waals surface area contributed by atoms with Gasteiger partial charge in [0.05, 0.1) is 24.7 Å². The number of rotatable bonds is 7. The van der Waals surface area contributed by atoms with Gasteiger partial charge in [-0.15, -0.1) is 0 Å². The SMILES string of the molecule is C=C/C(OC)=C(/Cl)c1ccc(CC(C)C(=O)OCC)cc1C. The van der Waals surface area contributed by atoms with E-state index in [1.165, 1.54) is 0 Å². The van der Waals surface area contributed by atoms with Crippen molar-refractivity contribution in [3.8, 4) is 0 Å². The minimum absolute atomic E-state index is 0.168. The molecule has 0 radical (unpaired) electrons. The van der Waals surface area contributed by atoms with Crippen LogP contribution in [0, 0.1) is 12.8 Å². The van der Waals surface area contributed by atoms with E-state index < -0.39 is 0 Å². The molecule has 1 unspecified atom stereocenters. The van der Waals surface area contributed by atoms with Crippen molar-refractivity contribution in [3.05, 3.63) is 53.3 Å². The second-order valence-corrected chi connectivity index (χ2v) is 5.47. The highest BCUT2D eigenvalue weighted by Gasteiger charge is 2.15. The van der Waals surface area contributed by atoms with Gasteiger partial charge in [0.25, 0.3) is 0 Å². The lowest BCUT2D eigenvalue weighted by molar-refractivity contribution is -0.147. The molecule has 0 fully saturated rings. The molecule has 0 aromatic heterocycles. The van der Waals surface area contributed by atoms with E-state index >= 15 is 0 Å². The zero-order valence-electron chi connectivity index (χ0n) is 13.6. The van der Waals surface area contributed by atoms with Gasteiger partial charge in [0.15, 0.2) is 0 Å². The number of carbonyl (C=O) groups excluding carboxylic acids is 1. The number of hydrogen-bond acceptors (Lipinski definition) is 3. The van der Waals surface area contributed by atoms with E-state index in [-0.39, 0.29) is 11.9 Å². The molecule has 0 saturated carbocycles. The third-order valence-corrected chi connectivity index (χ3v) is 3.77. The Morgan fingerprint density at radius 2 is 2.14 bits per heavy atom. The highest BCUT2D eigenvalue weighted by Crippen LogP contribution is 2.28. The second-order valence-electron chi connectivity index (χ2n) is 5.09. The zero-order chi connectivity index (χ0) is 16.7. The molecule has 1 aromatic rings. The van der Waals surface area contributed by atoms with Crippen LogP contribution in [0.15, 0.2) is 36.6 Å². The summed E-state index contributed by atoms with van der Waals surface area (Å²) in [4.78, 5) is 11.7. The summed E-state index contributed by atoms with van der Waals surface area (Å²) in [5.41, 5.74) is 2.99. The molecule has 0 aliphatic carbocycles. The van der Waals surface area contributed by atoms with Crippen molar-refractivity contribution in [1.82, 2.24) is 0 Å². The first-order chi connectivity index (χ1) is 10.4. The van der Waals surface area contributed by atoms with E-state index in [1.807, 2.05) is 39.0 Å². The fourth-order valence-corrected chi connectivity index (χ4v) is 2.58. The summed E-state index contributed by atoms with van der Waals surface area (Å²) in [5, 5.41) is 0.528. The number of ether oxygens (including phenoxy) is 2. The van der Waals surface area contributed by atoms with Gasteiger partial charge in [-0.05, 0) is 43.0 Å². The van der Waals surface area contributed by atoms with E-state index in [0.29, 0.717) is 23.8 Å². The van der Waals surface area contributed by atoms with Crippen molar-refractivity contribution in [3.63, 3.8) is 0 Å². The summed E-state index contributed by atoms with van der Waals surface area (Å²) in [6, 6.07) is 5.94. The first-order valence-electron chi connectivity index (χ1n) is 7.27. The molecule has 0 heterocycles. The Labute approximate surface area is 137 Å². The second kappa shape index (κ2) is 8.64. The van der Waals surface area contributed by atoms with Crippen LogP contribution in [0.5, 0.6) is 0 Å². The molecule has 4 heteroatoms. The van der Waals surface area contributed by atoms with Gasteiger partial charge < -0.3 is 9.47 Å². The highest BCUT2D eigenvalue weighted by molar-refractivity contribution is 6.49. The molecule has 0 aliphatic heterocycles. The number of benzene rings is 1. The maximum atomic E-state index is 11.7. The average molecular weight is 323 g/mol. The summed E-state index contributed by atoms with van der Waals surface area (Å²) >= 11 is 6.34. The van der Waals surface area contributed by atoms with Gasteiger partial charge in [-0.2, -0.15) is 0 Å². The number of halogens is 1. The minimum Gasteiger partial charge on any atom is -0.495 e. The molecule has 1 rings (SSSR count). The van der Waals surface area contributed by atoms with E-state index in [2.05, 4.69) is 6.58 Å². The first-order valence-corrected chi connectivity index (χ1v) is 7.65. The van der Waals surface area contributed by atoms with Gasteiger partial charge >= 0.3 is 5.97 Å². The molecule has 3 nitrogen and oxygen atoms in total. The van der Waals surface area contributed by atoms with Crippen molar-refractivity contribution in [2.45, 2.75) is 27.2 Å². The lowest BCUT2D eigenvalue weighted by Gasteiger charge is -2.13. The summed E-state index contributed by atoms with van der Waals surface area (Å²) in [6.45, 7) is 9.75. The largest absolute Gasteiger partial charge is 0.495 e. The van der Waals surface area contributed by atoms with Crippen LogP contribution in [0.4, 0.5) is 0 Å². The first kappa shape index (κ1) is 18.3. The van der Waals surface area contributed by atoms with E-state index in [9.17, 15) is 4.79 Å². The van der Waals surface area contributed by atoms with Gasteiger partial charge in [-0.1, -0.05) is 43.3 Å². The number of aryl methyl sites for hydroxylation is 1. The Bertz CT molecular complexity index is 576. The quantitative estimate of drug-likeness (QED) is 0.422. The number of esters is 1. The topological polar surface area (TPSA) is 35.5 Å². The predicted octanol–water partition coefficient (Wildman–Crippen LogP) is 4.48. The van der Waals surface area contributed by atoms with Gasteiger partial charge in [0, 0.05) is 0 Å². The molecular formula is C18H23ClO3. The third kappa shape index (κ3) is 4.63. The van der Waals surface area contributed by atoms with E-state index in [1.54, 1.807) is 13.2 Å². The lowest BCUT2D eigenvalue weighted by Crippen LogP contribution is -2.17. The third-order valence-electron chi connectivity index (χ3n) is 3.38. The van der Waals surface area contributed by atoms with Crippen LogP contribution in [0.25, 0.3) is 5.03 Å². The molecule has 120 valence electrons. The van der Waals surface area contributed by atoms with E-state index in [4.69, 9.17) is 21.1 Å². The van der Waals surface area contributed by atoms with Crippen LogP contribution in [-0.2, 0) is 20.7 Å².